The van der Waals surface area contributed by atoms with E-state index in [0.29, 0.717) is 37.1 Å². The van der Waals surface area contributed by atoms with Crippen molar-refractivity contribution in [2.24, 2.45) is 0 Å². The van der Waals surface area contributed by atoms with Crippen LogP contribution in [-0.2, 0) is 14.4 Å². The lowest BCUT2D eigenvalue weighted by Gasteiger charge is -2.27. The Balaban J connectivity index is 2.27. The summed E-state index contributed by atoms with van der Waals surface area (Å²) in [5.74, 6) is -1.83. The van der Waals surface area contributed by atoms with E-state index >= 15 is 0 Å². The number of ketones is 1. The van der Waals surface area contributed by atoms with Gasteiger partial charge in [0.25, 0.3) is 5.91 Å². The summed E-state index contributed by atoms with van der Waals surface area (Å²) in [4.78, 5) is 36.6. The number of nitrogens with zero attached hydrogens (tertiary/aromatic N) is 1. The normalized spacial score (nSPS) is 16.9. The molecule has 0 spiro atoms. The van der Waals surface area contributed by atoms with Gasteiger partial charge in [-0.05, 0) is 25.8 Å². The maximum Gasteiger partial charge on any atom is 0.303 e. The van der Waals surface area contributed by atoms with Crippen LogP contribution in [-0.4, -0.2) is 46.4 Å². The Morgan fingerprint density at radius 3 is 2.50 bits per heavy atom. The van der Waals surface area contributed by atoms with Crippen LogP contribution in [0.1, 0.15) is 44.2 Å². The number of carbonyl (C=O) groups excluding carboxylic acids is 2. The summed E-state index contributed by atoms with van der Waals surface area (Å²) in [7, 11) is 1.50. The van der Waals surface area contributed by atoms with E-state index in [1.165, 1.54) is 18.9 Å². The number of rotatable bonds is 9. The molecule has 1 atom stereocenters. The highest BCUT2D eigenvalue weighted by Gasteiger charge is 2.43. The molecular weight excluding hydrogens is 338 g/mol. The van der Waals surface area contributed by atoms with Gasteiger partial charge in [0, 0.05) is 18.5 Å². The number of aliphatic hydroxyl groups excluding tert-OH is 1. The molecule has 7 nitrogen and oxygen atoms in total. The number of ether oxygens (including phenoxy) is 1. The molecule has 7 heteroatoms. The SMILES string of the molecule is COc1ccccc1C1C(C(C)=O)=C(O)C(=O)N1CCCCCC(=O)O. The highest BCUT2D eigenvalue weighted by Crippen LogP contribution is 2.41. The fourth-order valence-corrected chi connectivity index (χ4v) is 3.19. The molecule has 1 amide bonds. The van der Waals surface area contributed by atoms with E-state index in [2.05, 4.69) is 0 Å². The van der Waals surface area contributed by atoms with E-state index in [1.807, 2.05) is 0 Å². The predicted octanol–water partition coefficient (Wildman–Crippen LogP) is 2.62. The van der Waals surface area contributed by atoms with E-state index in [9.17, 15) is 19.5 Å². The number of carboxylic acids is 1. The average Bonchev–Trinajstić information content (AvgIpc) is 2.85. The number of unbranched alkanes of at least 4 members (excludes halogenated alkanes) is 2. The summed E-state index contributed by atoms with van der Waals surface area (Å²) >= 11 is 0. The van der Waals surface area contributed by atoms with E-state index < -0.39 is 23.7 Å². The molecule has 1 aliphatic heterocycles. The van der Waals surface area contributed by atoms with Crippen molar-refractivity contribution >= 4 is 17.7 Å². The third-order valence-electron chi connectivity index (χ3n) is 4.41. The van der Waals surface area contributed by atoms with E-state index in [4.69, 9.17) is 9.84 Å². The van der Waals surface area contributed by atoms with Crippen LogP contribution in [0.2, 0.25) is 0 Å². The first kappa shape index (κ1) is 19.5. The van der Waals surface area contributed by atoms with Crippen LogP contribution in [0.25, 0.3) is 0 Å². The smallest absolute Gasteiger partial charge is 0.303 e. The Bertz CT molecular complexity index is 739. The number of aliphatic carboxylic acids is 1. The van der Waals surface area contributed by atoms with Crippen LogP contribution in [0.4, 0.5) is 0 Å². The molecule has 0 bridgehead atoms. The van der Waals surface area contributed by atoms with Crippen LogP contribution in [0, 0.1) is 0 Å². The second-order valence-electron chi connectivity index (χ2n) is 6.17. The van der Waals surface area contributed by atoms with Crippen molar-refractivity contribution in [3.63, 3.8) is 0 Å². The van der Waals surface area contributed by atoms with Gasteiger partial charge in [-0.3, -0.25) is 14.4 Å². The molecule has 2 N–H and O–H groups in total. The molecule has 1 heterocycles. The quantitative estimate of drug-likeness (QED) is 0.655. The number of benzene rings is 1. The highest BCUT2D eigenvalue weighted by molar-refractivity contribution is 6.08. The van der Waals surface area contributed by atoms with Crippen molar-refractivity contribution in [2.45, 2.75) is 38.6 Å². The Labute approximate surface area is 151 Å². The van der Waals surface area contributed by atoms with Crippen LogP contribution in [0.15, 0.2) is 35.6 Å². The van der Waals surface area contributed by atoms with Gasteiger partial charge in [0.1, 0.15) is 5.75 Å². The molecule has 0 fully saturated rings. The maximum atomic E-state index is 12.5. The van der Waals surface area contributed by atoms with Crippen LogP contribution < -0.4 is 4.74 Å². The number of hydrogen-bond donors (Lipinski definition) is 2. The molecule has 2 rings (SSSR count). The van der Waals surface area contributed by atoms with Crippen molar-refractivity contribution in [3.8, 4) is 5.75 Å². The number of carboxylic acid groups (broad SMARTS) is 1. The fraction of sp³-hybridized carbons (Fsp3) is 0.421. The zero-order valence-electron chi connectivity index (χ0n) is 14.9. The van der Waals surface area contributed by atoms with Crippen molar-refractivity contribution in [1.29, 1.82) is 0 Å². The summed E-state index contributed by atoms with van der Waals surface area (Å²) in [6.07, 6.45) is 1.79. The summed E-state index contributed by atoms with van der Waals surface area (Å²) in [6, 6.07) is 6.34. The zero-order chi connectivity index (χ0) is 19.3. The molecule has 0 aliphatic carbocycles. The van der Waals surface area contributed by atoms with Gasteiger partial charge in [0.15, 0.2) is 11.5 Å². The minimum absolute atomic E-state index is 0.0602. The third-order valence-corrected chi connectivity index (χ3v) is 4.41. The van der Waals surface area contributed by atoms with Gasteiger partial charge >= 0.3 is 5.97 Å². The summed E-state index contributed by atoms with van der Waals surface area (Å²) in [5.41, 5.74) is 0.688. The lowest BCUT2D eigenvalue weighted by molar-refractivity contribution is -0.137. The average molecular weight is 361 g/mol. The summed E-state index contributed by atoms with van der Waals surface area (Å²) in [6.45, 7) is 1.62. The lowest BCUT2D eigenvalue weighted by atomic mass is 9.95. The zero-order valence-corrected chi connectivity index (χ0v) is 14.9. The number of amides is 1. The van der Waals surface area contributed by atoms with Crippen molar-refractivity contribution in [1.82, 2.24) is 4.90 Å². The fourth-order valence-electron chi connectivity index (χ4n) is 3.19. The minimum Gasteiger partial charge on any atom is -0.503 e. The van der Waals surface area contributed by atoms with Gasteiger partial charge in [-0.1, -0.05) is 24.6 Å². The Hall–Kier alpha value is -2.83. The molecule has 140 valence electrons. The number of para-hydroxylation sites is 1. The second-order valence-corrected chi connectivity index (χ2v) is 6.17. The second kappa shape index (κ2) is 8.51. The van der Waals surface area contributed by atoms with Gasteiger partial charge in [0.05, 0.1) is 18.7 Å². The van der Waals surface area contributed by atoms with Gasteiger partial charge in [-0.15, -0.1) is 0 Å². The molecular formula is C19H23NO6. The molecule has 0 aromatic heterocycles. The Morgan fingerprint density at radius 1 is 1.19 bits per heavy atom. The Morgan fingerprint density at radius 2 is 1.88 bits per heavy atom. The van der Waals surface area contributed by atoms with Crippen molar-refractivity contribution in [2.75, 3.05) is 13.7 Å². The van der Waals surface area contributed by atoms with Gasteiger partial charge in [-0.25, -0.2) is 0 Å². The molecule has 0 saturated heterocycles. The van der Waals surface area contributed by atoms with Crippen LogP contribution >= 0.6 is 0 Å². The summed E-state index contributed by atoms with van der Waals surface area (Å²) < 4.78 is 5.36. The molecule has 0 saturated carbocycles. The number of Topliss-reactive ketones (excluding diaryl/α,β-unsaturated/α-hetero) is 1. The number of carbonyl (C=O) groups is 3. The van der Waals surface area contributed by atoms with Crippen molar-refractivity contribution < 1.29 is 29.3 Å². The Kier molecular flexibility index (Phi) is 6.38. The van der Waals surface area contributed by atoms with Gasteiger partial charge in [-0.2, -0.15) is 0 Å². The number of methoxy groups -OCH3 is 1. The minimum atomic E-state index is -0.854. The standard InChI is InChI=1S/C19H23NO6/c1-12(21)16-17(13-8-5-6-9-14(13)26-2)20(19(25)18(16)24)11-7-3-4-10-15(22)23/h5-6,8-9,17,24H,3-4,7,10-11H2,1-2H3,(H,22,23). The van der Waals surface area contributed by atoms with Crippen LogP contribution in [0.3, 0.4) is 0 Å². The van der Waals surface area contributed by atoms with Gasteiger partial charge in [0.2, 0.25) is 0 Å². The molecule has 1 unspecified atom stereocenters. The summed E-state index contributed by atoms with van der Waals surface area (Å²) in [5, 5.41) is 18.9. The predicted molar refractivity (Wildman–Crippen MR) is 93.9 cm³/mol. The molecule has 1 aromatic carbocycles. The molecule has 0 radical (unpaired) electrons. The lowest BCUT2D eigenvalue weighted by Crippen LogP contribution is -2.32. The maximum absolute atomic E-state index is 12.5. The first-order chi connectivity index (χ1) is 12.4. The number of aliphatic hydroxyl groups is 1. The van der Waals surface area contributed by atoms with Crippen molar-refractivity contribution in [3.05, 3.63) is 41.2 Å². The number of hydrogen-bond acceptors (Lipinski definition) is 5. The van der Waals surface area contributed by atoms with E-state index in [1.54, 1.807) is 24.3 Å². The first-order valence-corrected chi connectivity index (χ1v) is 8.48. The van der Waals surface area contributed by atoms with E-state index in [0.717, 1.165) is 0 Å². The highest BCUT2D eigenvalue weighted by atomic mass is 16.5. The van der Waals surface area contributed by atoms with Gasteiger partial charge < -0.3 is 19.8 Å². The largest absolute Gasteiger partial charge is 0.503 e. The monoisotopic (exact) mass is 361 g/mol. The topological polar surface area (TPSA) is 104 Å². The first-order valence-electron chi connectivity index (χ1n) is 8.48. The molecule has 1 aromatic rings. The molecule has 1 aliphatic rings. The van der Waals surface area contributed by atoms with Crippen LogP contribution in [0.5, 0.6) is 5.75 Å². The third kappa shape index (κ3) is 4.04. The molecule has 26 heavy (non-hydrogen) atoms. The van der Waals surface area contributed by atoms with E-state index in [-0.39, 0.29) is 17.8 Å².